The van der Waals surface area contributed by atoms with Gasteiger partial charge in [0.25, 0.3) is 0 Å². The van der Waals surface area contributed by atoms with Crippen molar-refractivity contribution >= 4 is 0 Å². The molecule has 0 aliphatic heterocycles. The van der Waals surface area contributed by atoms with Crippen LogP contribution in [0.25, 0.3) is 0 Å². The van der Waals surface area contributed by atoms with Gasteiger partial charge in [-0.2, -0.15) is 6.42 Å². The summed E-state index contributed by atoms with van der Waals surface area (Å²) in [5.41, 5.74) is 0. The summed E-state index contributed by atoms with van der Waals surface area (Å²) >= 11 is 0. The quantitative estimate of drug-likeness (QED) is 0.552. The predicted molar refractivity (Wildman–Crippen MR) is 39.8 cm³/mol. The van der Waals surface area contributed by atoms with Gasteiger partial charge in [0.15, 0.2) is 0 Å². The molecular formula is C7H16NW-. The second-order valence-electron chi connectivity index (χ2n) is 1.66. The van der Waals surface area contributed by atoms with E-state index in [1.165, 1.54) is 0 Å². The van der Waals surface area contributed by atoms with Crippen LogP contribution in [-0.2, 0) is 21.1 Å². The van der Waals surface area contributed by atoms with Crippen LogP contribution < -0.4 is 0 Å². The summed E-state index contributed by atoms with van der Waals surface area (Å²) < 4.78 is 0. The van der Waals surface area contributed by atoms with Gasteiger partial charge in [-0.25, -0.2) is 0 Å². The fraction of sp³-hybridized carbons (Fsp3) is 0.571. The van der Waals surface area contributed by atoms with Crippen LogP contribution in [0.15, 0.2) is 13.2 Å². The van der Waals surface area contributed by atoms with Crippen molar-refractivity contribution in [3.63, 3.8) is 0 Å². The summed E-state index contributed by atoms with van der Waals surface area (Å²) in [6.45, 7) is 10.8. The molecule has 0 N–H and O–H groups in total. The van der Waals surface area contributed by atoms with E-state index >= 15 is 0 Å². The molecule has 2 heteroatoms. The minimum atomic E-state index is 0. The Morgan fingerprint density at radius 1 is 1.33 bits per heavy atom. The van der Waals surface area contributed by atoms with E-state index in [1.54, 1.807) is 0 Å². The summed E-state index contributed by atoms with van der Waals surface area (Å²) in [6, 6.07) is 0. The molecule has 1 nitrogen and oxygen atoms in total. The number of hydrogen-bond donors (Lipinski definition) is 0. The Morgan fingerprint density at radius 3 is 1.67 bits per heavy atom. The Morgan fingerprint density at radius 2 is 1.67 bits per heavy atom. The van der Waals surface area contributed by atoms with Crippen LogP contribution in [0.5, 0.6) is 0 Å². The molecule has 0 aromatic heterocycles. The average molecular weight is 298 g/mol. The van der Waals surface area contributed by atoms with Crippen LogP contribution in [0.4, 0.5) is 0 Å². The molecule has 0 spiro atoms. The average Bonchev–Trinajstić information content (AvgIpc) is 1.72. The van der Waals surface area contributed by atoms with Gasteiger partial charge >= 0.3 is 0 Å². The van der Waals surface area contributed by atoms with Crippen molar-refractivity contribution < 1.29 is 21.1 Å². The van der Waals surface area contributed by atoms with Crippen molar-refractivity contribution in [1.82, 2.24) is 4.90 Å². The smallest absolute Gasteiger partial charge is 0 e. The molecule has 0 fully saturated rings. The van der Waals surface area contributed by atoms with Crippen LogP contribution in [0.1, 0.15) is 6.42 Å². The van der Waals surface area contributed by atoms with Gasteiger partial charge in [-0.15, -0.1) is 13.2 Å². The first-order chi connectivity index (χ1) is 3.77. The van der Waals surface area contributed by atoms with Crippen LogP contribution >= 0.6 is 0 Å². The van der Waals surface area contributed by atoms with E-state index in [4.69, 9.17) is 0 Å². The molecule has 0 radical (unpaired) electrons. The van der Waals surface area contributed by atoms with Crippen LogP contribution in [0.3, 0.4) is 0 Å². The van der Waals surface area contributed by atoms with Gasteiger partial charge in [-0.05, 0) is 20.6 Å². The molecule has 9 heavy (non-hydrogen) atoms. The third-order valence-electron chi connectivity index (χ3n) is 0.605. The van der Waals surface area contributed by atoms with Gasteiger partial charge in [0.2, 0.25) is 0 Å². The molecule has 0 bridgehead atoms. The molecule has 0 amide bonds. The third kappa shape index (κ3) is 29.8. The van der Waals surface area contributed by atoms with Crippen molar-refractivity contribution in [3.05, 3.63) is 20.1 Å². The molecular weight excluding hydrogens is 282 g/mol. The van der Waals surface area contributed by atoms with Crippen molar-refractivity contribution in [2.45, 2.75) is 6.42 Å². The predicted octanol–water partition coefficient (Wildman–Crippen LogP) is 1.57. The SMILES string of the molecule is C=C.[CH2-]CCN(C)C.[W]. The summed E-state index contributed by atoms with van der Waals surface area (Å²) in [6.07, 6.45) is 1.01. The molecule has 0 saturated heterocycles. The first kappa shape index (κ1) is 16.2. The summed E-state index contributed by atoms with van der Waals surface area (Å²) in [4.78, 5) is 2.12. The van der Waals surface area contributed by atoms with E-state index < -0.39 is 0 Å². The molecule has 0 unspecified atom stereocenters. The molecule has 0 aliphatic carbocycles. The maximum Gasteiger partial charge on any atom is 0 e. The van der Waals surface area contributed by atoms with E-state index in [1.807, 2.05) is 14.1 Å². The van der Waals surface area contributed by atoms with E-state index in [9.17, 15) is 0 Å². The van der Waals surface area contributed by atoms with Crippen molar-refractivity contribution in [2.75, 3.05) is 20.6 Å². The van der Waals surface area contributed by atoms with Gasteiger partial charge in [0, 0.05) is 21.1 Å². The molecule has 0 rings (SSSR count). The number of rotatable bonds is 2. The summed E-state index contributed by atoms with van der Waals surface area (Å²) in [5.74, 6) is 0. The zero-order chi connectivity index (χ0) is 6.99. The van der Waals surface area contributed by atoms with E-state index in [0.717, 1.165) is 13.0 Å². The monoisotopic (exact) mass is 298 g/mol. The summed E-state index contributed by atoms with van der Waals surface area (Å²) in [7, 11) is 4.09. The zero-order valence-electron chi connectivity index (χ0n) is 6.39. The summed E-state index contributed by atoms with van der Waals surface area (Å²) in [5, 5.41) is 0. The van der Waals surface area contributed by atoms with Gasteiger partial charge in [0.05, 0.1) is 0 Å². The standard InChI is InChI=1S/C5H12N.C2H4.W/c1-4-5-6(2)3;1-2;/h1,4-5H2,2-3H3;1-2H2;/q-1;;. The maximum absolute atomic E-state index is 3.68. The van der Waals surface area contributed by atoms with Crippen LogP contribution in [0.2, 0.25) is 0 Å². The molecule has 0 aromatic carbocycles. The van der Waals surface area contributed by atoms with Gasteiger partial charge in [0.1, 0.15) is 0 Å². The topological polar surface area (TPSA) is 3.24 Å². The second-order valence-corrected chi connectivity index (χ2v) is 1.66. The minimum absolute atomic E-state index is 0. The van der Waals surface area contributed by atoms with Crippen molar-refractivity contribution in [3.8, 4) is 0 Å². The zero-order valence-corrected chi connectivity index (χ0v) is 9.32. The van der Waals surface area contributed by atoms with Gasteiger partial charge in [-0.3, -0.25) is 0 Å². The van der Waals surface area contributed by atoms with E-state index in [0.29, 0.717) is 0 Å². The van der Waals surface area contributed by atoms with Crippen LogP contribution in [0, 0.1) is 6.92 Å². The fourth-order valence-electron chi connectivity index (χ4n) is 0.316. The Hall–Kier alpha value is 0.388. The molecule has 0 aliphatic rings. The molecule has 0 saturated carbocycles. The third-order valence-corrected chi connectivity index (χ3v) is 0.605. The first-order valence-corrected chi connectivity index (χ1v) is 2.71. The normalized spacial score (nSPS) is 7.11. The van der Waals surface area contributed by atoms with Crippen molar-refractivity contribution in [1.29, 1.82) is 0 Å². The van der Waals surface area contributed by atoms with Gasteiger partial charge < -0.3 is 11.8 Å². The Bertz CT molecular complexity index is 37.9. The Balaban J connectivity index is -0.000000109. The molecule has 0 aromatic rings. The Labute approximate surface area is 73.4 Å². The minimum Gasteiger partial charge on any atom is -0.342 e. The number of hydrogen-bond acceptors (Lipinski definition) is 1. The maximum atomic E-state index is 3.68. The largest absolute Gasteiger partial charge is 0.342 e. The number of nitrogens with zero attached hydrogens (tertiary/aromatic N) is 1. The first-order valence-electron chi connectivity index (χ1n) is 2.71. The van der Waals surface area contributed by atoms with Crippen LogP contribution in [-0.4, -0.2) is 25.5 Å². The van der Waals surface area contributed by atoms with Crippen molar-refractivity contribution in [2.24, 2.45) is 0 Å². The van der Waals surface area contributed by atoms with E-state index in [2.05, 4.69) is 25.0 Å². The second kappa shape index (κ2) is 15.8. The van der Waals surface area contributed by atoms with Gasteiger partial charge in [-0.1, -0.05) is 0 Å². The molecule has 0 heterocycles. The van der Waals surface area contributed by atoms with E-state index in [-0.39, 0.29) is 21.1 Å². The Kier molecular flexibility index (Phi) is 28.4. The fourth-order valence-corrected chi connectivity index (χ4v) is 0.316. The molecule has 0 atom stereocenters. The molecule has 56 valence electrons.